The highest BCUT2D eigenvalue weighted by molar-refractivity contribution is 7.13. The van der Waals surface area contributed by atoms with Crippen molar-refractivity contribution in [1.29, 1.82) is 0 Å². The molecule has 2 N–H and O–H groups in total. The molecule has 1 aromatic heterocycles. The SMILES string of the molecule is CNC(=O)C(C)Nc1nccs1. The van der Waals surface area contributed by atoms with Crippen LogP contribution in [0.2, 0.25) is 0 Å². The third kappa shape index (κ3) is 2.20. The molecule has 0 radical (unpaired) electrons. The number of nitrogens with one attached hydrogen (secondary N) is 2. The first-order chi connectivity index (χ1) is 5.74. The lowest BCUT2D eigenvalue weighted by atomic mass is 10.3. The molecule has 4 nitrogen and oxygen atoms in total. The summed E-state index contributed by atoms with van der Waals surface area (Å²) in [6, 6.07) is -0.235. The summed E-state index contributed by atoms with van der Waals surface area (Å²) in [6.07, 6.45) is 1.70. The summed E-state index contributed by atoms with van der Waals surface area (Å²) in [5, 5.41) is 8.15. The van der Waals surface area contributed by atoms with Gasteiger partial charge in [-0.1, -0.05) is 0 Å². The first-order valence-corrected chi connectivity index (χ1v) is 4.49. The summed E-state index contributed by atoms with van der Waals surface area (Å²) in [4.78, 5) is 15.0. The normalized spacial score (nSPS) is 12.2. The van der Waals surface area contributed by atoms with Crippen molar-refractivity contribution >= 4 is 22.4 Å². The van der Waals surface area contributed by atoms with E-state index in [1.165, 1.54) is 11.3 Å². The van der Waals surface area contributed by atoms with Crippen LogP contribution in [0.15, 0.2) is 11.6 Å². The van der Waals surface area contributed by atoms with Gasteiger partial charge in [0.15, 0.2) is 5.13 Å². The molecule has 12 heavy (non-hydrogen) atoms. The molecule has 1 heterocycles. The lowest BCUT2D eigenvalue weighted by molar-refractivity contribution is -0.121. The number of rotatable bonds is 3. The van der Waals surface area contributed by atoms with E-state index in [9.17, 15) is 4.79 Å². The van der Waals surface area contributed by atoms with Crippen molar-refractivity contribution in [3.05, 3.63) is 11.6 Å². The number of amides is 1. The third-order valence-electron chi connectivity index (χ3n) is 1.41. The predicted octanol–water partition coefficient (Wildman–Crippen LogP) is 0.689. The average Bonchev–Trinajstić information content (AvgIpc) is 2.55. The molecule has 66 valence electrons. The number of hydrogen-bond acceptors (Lipinski definition) is 4. The molecule has 0 bridgehead atoms. The van der Waals surface area contributed by atoms with Crippen LogP contribution in [0.3, 0.4) is 0 Å². The van der Waals surface area contributed by atoms with Crippen molar-refractivity contribution in [1.82, 2.24) is 10.3 Å². The fourth-order valence-electron chi connectivity index (χ4n) is 0.762. The number of aromatic nitrogens is 1. The molecular formula is C7H11N3OS. The van der Waals surface area contributed by atoms with Gasteiger partial charge in [0.25, 0.3) is 0 Å². The van der Waals surface area contributed by atoms with E-state index in [4.69, 9.17) is 0 Å². The van der Waals surface area contributed by atoms with Gasteiger partial charge in [0.05, 0.1) is 0 Å². The van der Waals surface area contributed by atoms with Gasteiger partial charge in [-0.05, 0) is 6.92 Å². The van der Waals surface area contributed by atoms with Crippen LogP contribution < -0.4 is 10.6 Å². The zero-order chi connectivity index (χ0) is 8.97. The Morgan fingerprint density at radius 2 is 2.50 bits per heavy atom. The molecule has 0 aliphatic heterocycles. The summed E-state index contributed by atoms with van der Waals surface area (Å²) in [5.41, 5.74) is 0. The average molecular weight is 185 g/mol. The van der Waals surface area contributed by atoms with Gasteiger partial charge in [0.2, 0.25) is 5.91 Å². The molecule has 0 aliphatic carbocycles. The van der Waals surface area contributed by atoms with Gasteiger partial charge in [-0.25, -0.2) is 4.98 Å². The van der Waals surface area contributed by atoms with Crippen LogP contribution in [-0.4, -0.2) is 24.0 Å². The Balaban J connectivity index is 2.47. The van der Waals surface area contributed by atoms with E-state index in [-0.39, 0.29) is 11.9 Å². The summed E-state index contributed by atoms with van der Waals surface area (Å²) in [7, 11) is 1.61. The maximum absolute atomic E-state index is 11.0. The fourth-order valence-corrected chi connectivity index (χ4v) is 1.38. The van der Waals surface area contributed by atoms with Gasteiger partial charge in [-0.2, -0.15) is 0 Å². The van der Waals surface area contributed by atoms with Crippen LogP contribution in [0.5, 0.6) is 0 Å². The van der Waals surface area contributed by atoms with Gasteiger partial charge >= 0.3 is 0 Å². The highest BCUT2D eigenvalue weighted by Crippen LogP contribution is 2.11. The van der Waals surface area contributed by atoms with Crippen molar-refractivity contribution in [2.45, 2.75) is 13.0 Å². The molecular weight excluding hydrogens is 174 g/mol. The Kier molecular flexibility index (Phi) is 3.04. The van der Waals surface area contributed by atoms with Crippen LogP contribution in [0.4, 0.5) is 5.13 Å². The standard InChI is InChI=1S/C7H11N3OS/c1-5(6(11)8-2)10-7-9-3-4-12-7/h3-5H,1-2H3,(H,8,11)(H,9,10). The quantitative estimate of drug-likeness (QED) is 0.728. The van der Waals surface area contributed by atoms with Gasteiger partial charge in [-0.3, -0.25) is 4.79 Å². The lowest BCUT2D eigenvalue weighted by Crippen LogP contribution is -2.35. The van der Waals surface area contributed by atoms with Gasteiger partial charge in [-0.15, -0.1) is 11.3 Å². The van der Waals surface area contributed by atoms with Crippen molar-refractivity contribution in [3.63, 3.8) is 0 Å². The maximum atomic E-state index is 11.0. The maximum Gasteiger partial charge on any atom is 0.242 e. The minimum atomic E-state index is -0.235. The van der Waals surface area contributed by atoms with Gasteiger partial charge < -0.3 is 10.6 Å². The summed E-state index contributed by atoms with van der Waals surface area (Å²) >= 11 is 1.48. The fraction of sp³-hybridized carbons (Fsp3) is 0.429. The molecule has 1 atom stereocenters. The Morgan fingerprint density at radius 1 is 1.75 bits per heavy atom. The van der Waals surface area contributed by atoms with E-state index in [1.807, 2.05) is 5.38 Å². The second kappa shape index (κ2) is 4.06. The largest absolute Gasteiger partial charge is 0.357 e. The number of nitrogens with zero attached hydrogens (tertiary/aromatic N) is 1. The number of likely N-dealkylation sites (N-methyl/N-ethyl adjacent to an activating group) is 1. The zero-order valence-corrected chi connectivity index (χ0v) is 7.81. The van der Waals surface area contributed by atoms with E-state index in [0.29, 0.717) is 0 Å². The van der Waals surface area contributed by atoms with E-state index in [1.54, 1.807) is 20.2 Å². The van der Waals surface area contributed by atoms with Crippen LogP contribution in [-0.2, 0) is 4.79 Å². The molecule has 0 saturated carbocycles. The minimum absolute atomic E-state index is 0.0369. The third-order valence-corrected chi connectivity index (χ3v) is 2.12. The van der Waals surface area contributed by atoms with Gasteiger partial charge in [0.1, 0.15) is 6.04 Å². The van der Waals surface area contributed by atoms with E-state index in [0.717, 1.165) is 5.13 Å². The summed E-state index contributed by atoms with van der Waals surface area (Å²) in [6.45, 7) is 1.79. The number of hydrogen-bond donors (Lipinski definition) is 2. The summed E-state index contributed by atoms with van der Waals surface area (Å²) < 4.78 is 0. The summed E-state index contributed by atoms with van der Waals surface area (Å²) in [5.74, 6) is -0.0369. The van der Waals surface area contributed by atoms with Crippen LogP contribution in [0.25, 0.3) is 0 Å². The molecule has 0 fully saturated rings. The molecule has 1 rings (SSSR count). The second-order valence-corrected chi connectivity index (χ2v) is 3.21. The predicted molar refractivity (Wildman–Crippen MR) is 49.3 cm³/mol. The zero-order valence-electron chi connectivity index (χ0n) is 7.00. The number of thiazole rings is 1. The second-order valence-electron chi connectivity index (χ2n) is 2.32. The van der Waals surface area contributed by atoms with Crippen molar-refractivity contribution in [2.75, 3.05) is 12.4 Å². The van der Waals surface area contributed by atoms with Gasteiger partial charge in [0, 0.05) is 18.6 Å². The first kappa shape index (κ1) is 8.99. The first-order valence-electron chi connectivity index (χ1n) is 3.61. The smallest absolute Gasteiger partial charge is 0.242 e. The highest BCUT2D eigenvalue weighted by atomic mass is 32.1. The van der Waals surface area contributed by atoms with Crippen molar-refractivity contribution in [3.8, 4) is 0 Å². The number of carbonyl (C=O) groups excluding carboxylic acids is 1. The van der Waals surface area contributed by atoms with E-state index >= 15 is 0 Å². The van der Waals surface area contributed by atoms with Crippen molar-refractivity contribution < 1.29 is 4.79 Å². The Bertz CT molecular complexity index is 247. The van der Waals surface area contributed by atoms with E-state index < -0.39 is 0 Å². The Labute approximate surface area is 75.0 Å². The Morgan fingerprint density at radius 3 is 3.00 bits per heavy atom. The van der Waals surface area contributed by atoms with Crippen LogP contribution >= 0.6 is 11.3 Å². The highest BCUT2D eigenvalue weighted by Gasteiger charge is 2.10. The number of anilines is 1. The molecule has 1 aromatic rings. The Hall–Kier alpha value is -1.10. The van der Waals surface area contributed by atoms with E-state index in [2.05, 4.69) is 15.6 Å². The molecule has 5 heteroatoms. The molecule has 0 saturated heterocycles. The van der Waals surface area contributed by atoms with Crippen molar-refractivity contribution in [2.24, 2.45) is 0 Å². The van der Waals surface area contributed by atoms with Crippen LogP contribution in [0.1, 0.15) is 6.92 Å². The molecule has 0 aliphatic rings. The molecule has 0 spiro atoms. The molecule has 1 amide bonds. The molecule has 0 aromatic carbocycles. The monoisotopic (exact) mass is 185 g/mol. The lowest BCUT2D eigenvalue weighted by Gasteiger charge is -2.09. The molecule has 1 unspecified atom stereocenters. The number of carbonyl (C=O) groups is 1. The van der Waals surface area contributed by atoms with Crippen LogP contribution in [0, 0.1) is 0 Å². The minimum Gasteiger partial charge on any atom is -0.357 e. The topological polar surface area (TPSA) is 54.0 Å².